The van der Waals surface area contributed by atoms with E-state index in [1.54, 1.807) is 0 Å². The first-order valence-electron chi connectivity index (χ1n) is 9.53. The van der Waals surface area contributed by atoms with Crippen LogP contribution < -0.4 is 15.5 Å². The third-order valence-electron chi connectivity index (χ3n) is 4.61. The zero-order chi connectivity index (χ0) is 24.7. The van der Waals surface area contributed by atoms with Crippen LogP contribution in [0, 0.1) is 10.7 Å². The van der Waals surface area contributed by atoms with Gasteiger partial charge in [0.25, 0.3) is 5.91 Å². The van der Waals surface area contributed by atoms with Crippen molar-refractivity contribution in [2.75, 3.05) is 36.1 Å². The summed E-state index contributed by atoms with van der Waals surface area (Å²) in [6.45, 7) is 1.86. The van der Waals surface area contributed by atoms with E-state index in [0.29, 0.717) is 22.1 Å². The summed E-state index contributed by atoms with van der Waals surface area (Å²) in [5.74, 6) is -1.47. The van der Waals surface area contributed by atoms with E-state index in [1.807, 2.05) is 67.8 Å². The number of hydrogen-bond acceptors (Lipinski definition) is 7. The molecule has 6 N–H and O–H groups in total. The number of hydrogen-bond donors (Lipinski definition) is 5. The highest BCUT2D eigenvalue weighted by atomic mass is 127. The summed E-state index contributed by atoms with van der Waals surface area (Å²) >= 11 is 5.84. The molecule has 3 amide bonds. The number of nitrogens with zero attached hydrogens (tertiary/aromatic N) is 2. The Morgan fingerprint density at radius 2 is 1.16 bits per heavy atom. The molecule has 0 spiro atoms. The highest BCUT2D eigenvalue weighted by Crippen LogP contribution is 2.42. The third-order valence-corrected chi connectivity index (χ3v) is 7.73. The van der Waals surface area contributed by atoms with Crippen LogP contribution in [0.25, 0.3) is 0 Å². The minimum atomic E-state index is -1.03. The molecular formula is C19H26I3N3O7. The van der Waals surface area contributed by atoms with E-state index in [9.17, 15) is 24.6 Å². The van der Waals surface area contributed by atoms with Crippen molar-refractivity contribution in [3.05, 3.63) is 16.3 Å². The second kappa shape index (κ2) is 13.5. The fourth-order valence-corrected chi connectivity index (χ4v) is 7.78. The van der Waals surface area contributed by atoms with E-state index in [0.717, 1.165) is 0 Å². The van der Waals surface area contributed by atoms with Gasteiger partial charge in [-0.1, -0.05) is 0 Å². The molecule has 1 aromatic carbocycles. The minimum absolute atomic E-state index is 0.0601. The predicted molar refractivity (Wildman–Crippen MR) is 145 cm³/mol. The Kier molecular flexibility index (Phi) is 12.5. The highest BCUT2D eigenvalue weighted by molar-refractivity contribution is 14.1. The molecule has 0 aliphatic heterocycles. The molecule has 0 bridgehead atoms. The first kappa shape index (κ1) is 29.7. The molecule has 0 radical (unpaired) electrons. The maximum atomic E-state index is 12.5. The predicted octanol–water partition coefficient (Wildman–Crippen LogP) is 0.792. The average molecular weight is 789 g/mol. The number of aliphatic hydroxyl groups excluding tert-OH is 4. The van der Waals surface area contributed by atoms with Crippen LogP contribution in [0.3, 0.4) is 0 Å². The molecule has 180 valence electrons. The number of anilines is 2. The molecule has 0 aliphatic carbocycles. The summed E-state index contributed by atoms with van der Waals surface area (Å²) < 4.78 is 1.34. The summed E-state index contributed by atoms with van der Waals surface area (Å²) in [5, 5.41) is 37.8. The number of carbonyl (C=O) groups is 3. The average Bonchev–Trinajstić information content (AvgIpc) is 2.71. The molecule has 1 rings (SSSR count). The molecule has 0 saturated carbocycles. The molecular weight excluding hydrogens is 763 g/mol. The van der Waals surface area contributed by atoms with Gasteiger partial charge in [-0.25, -0.2) is 0 Å². The molecule has 0 saturated heterocycles. The van der Waals surface area contributed by atoms with Crippen molar-refractivity contribution in [2.24, 2.45) is 5.73 Å². The zero-order valence-electron chi connectivity index (χ0n) is 17.5. The van der Waals surface area contributed by atoms with Gasteiger partial charge < -0.3 is 36.0 Å². The standard InChI is InChI=1S/C19H26I3N3O7/c1-9(28)24(5-3-11(30)7-26)17-14(20)13(19(23)32)15(21)18(16(17)22)25(10(2)29)6-4-12(31)8-27/h11-12,26-27,30-31H,3-8H2,1-2H3,(H2,23,32). The van der Waals surface area contributed by atoms with Crippen molar-refractivity contribution in [1.29, 1.82) is 0 Å². The topological polar surface area (TPSA) is 165 Å². The van der Waals surface area contributed by atoms with Crippen molar-refractivity contribution in [1.82, 2.24) is 0 Å². The summed E-state index contributed by atoms with van der Waals surface area (Å²) in [6.07, 6.45) is -1.87. The molecule has 32 heavy (non-hydrogen) atoms. The quantitative estimate of drug-likeness (QED) is 0.207. The van der Waals surface area contributed by atoms with Gasteiger partial charge in [-0.3, -0.25) is 14.4 Å². The smallest absolute Gasteiger partial charge is 0.251 e. The largest absolute Gasteiger partial charge is 0.394 e. The van der Waals surface area contributed by atoms with Crippen LogP contribution in [0.2, 0.25) is 0 Å². The molecule has 0 fully saturated rings. The normalized spacial score (nSPS) is 12.9. The maximum Gasteiger partial charge on any atom is 0.251 e. The Labute approximate surface area is 226 Å². The van der Waals surface area contributed by atoms with Crippen LogP contribution in [-0.4, -0.2) is 76.7 Å². The van der Waals surface area contributed by atoms with Gasteiger partial charge in [-0.05, 0) is 80.6 Å². The van der Waals surface area contributed by atoms with Crippen LogP contribution in [-0.2, 0) is 9.59 Å². The van der Waals surface area contributed by atoms with Crippen molar-refractivity contribution in [3.63, 3.8) is 0 Å². The van der Waals surface area contributed by atoms with Crippen LogP contribution >= 0.6 is 67.8 Å². The first-order valence-corrected chi connectivity index (χ1v) is 12.8. The van der Waals surface area contributed by atoms with Crippen molar-refractivity contribution in [3.8, 4) is 0 Å². The summed E-state index contributed by atoms with van der Waals surface area (Å²) in [4.78, 5) is 40.1. The molecule has 0 aromatic heterocycles. The number of amides is 3. The van der Waals surface area contributed by atoms with Crippen LogP contribution in [0.1, 0.15) is 37.0 Å². The summed E-state index contributed by atoms with van der Waals surface area (Å²) in [6, 6.07) is 0. The van der Waals surface area contributed by atoms with Gasteiger partial charge >= 0.3 is 0 Å². The second-order valence-corrected chi connectivity index (χ2v) is 10.2. The molecule has 1 aromatic rings. The van der Waals surface area contributed by atoms with E-state index in [2.05, 4.69) is 0 Å². The number of nitrogens with two attached hydrogens (primary N) is 1. The minimum Gasteiger partial charge on any atom is -0.394 e. The Bertz CT molecular complexity index is 810. The Balaban J connectivity index is 3.77. The molecule has 10 nitrogen and oxygen atoms in total. The van der Waals surface area contributed by atoms with Crippen molar-refractivity contribution in [2.45, 2.75) is 38.9 Å². The van der Waals surface area contributed by atoms with E-state index in [4.69, 9.17) is 15.9 Å². The lowest BCUT2D eigenvalue weighted by Gasteiger charge is -2.31. The maximum absolute atomic E-state index is 12.5. The second-order valence-electron chi connectivity index (χ2n) is 6.97. The zero-order valence-corrected chi connectivity index (χ0v) is 24.0. The Morgan fingerprint density at radius 1 is 0.812 bits per heavy atom. The van der Waals surface area contributed by atoms with Gasteiger partial charge in [0.1, 0.15) is 0 Å². The van der Waals surface area contributed by atoms with Gasteiger partial charge in [0.05, 0.1) is 53.1 Å². The van der Waals surface area contributed by atoms with Crippen molar-refractivity contribution >= 4 is 96.9 Å². The van der Waals surface area contributed by atoms with Gasteiger partial charge in [-0.2, -0.15) is 0 Å². The fourth-order valence-electron chi connectivity index (χ4n) is 2.92. The van der Waals surface area contributed by atoms with Gasteiger partial charge in [0.2, 0.25) is 11.8 Å². The van der Waals surface area contributed by atoms with Crippen LogP contribution in [0.15, 0.2) is 0 Å². The number of primary amides is 1. The molecule has 0 aliphatic rings. The van der Waals surface area contributed by atoms with Gasteiger partial charge in [-0.15, -0.1) is 0 Å². The number of rotatable bonds is 11. The molecule has 2 atom stereocenters. The monoisotopic (exact) mass is 789 g/mol. The fraction of sp³-hybridized carbons (Fsp3) is 0.526. The number of halogens is 3. The molecule has 13 heteroatoms. The Hall–Kier alpha value is -0.340. The highest BCUT2D eigenvalue weighted by Gasteiger charge is 2.31. The van der Waals surface area contributed by atoms with Gasteiger partial charge in [0.15, 0.2) is 0 Å². The van der Waals surface area contributed by atoms with Gasteiger partial charge in [0, 0.05) is 26.9 Å². The third kappa shape index (κ3) is 7.33. The number of aliphatic hydroxyl groups is 4. The van der Waals surface area contributed by atoms with Crippen LogP contribution in [0.4, 0.5) is 11.4 Å². The molecule has 2 unspecified atom stereocenters. The summed E-state index contributed by atoms with van der Waals surface area (Å²) in [7, 11) is 0. The first-order chi connectivity index (χ1) is 14.9. The lowest BCUT2D eigenvalue weighted by atomic mass is 10.1. The number of benzene rings is 1. The van der Waals surface area contributed by atoms with E-state index >= 15 is 0 Å². The van der Waals surface area contributed by atoms with Crippen LogP contribution in [0.5, 0.6) is 0 Å². The Morgan fingerprint density at radius 3 is 1.41 bits per heavy atom. The SMILES string of the molecule is CC(=O)N(CCC(O)CO)c1c(I)c(C(N)=O)c(I)c(N(CCC(O)CO)C(C)=O)c1I. The van der Waals surface area contributed by atoms with Crippen molar-refractivity contribution < 1.29 is 34.8 Å². The summed E-state index contributed by atoms with van der Waals surface area (Å²) in [5.41, 5.74) is 6.50. The van der Waals surface area contributed by atoms with E-state index < -0.39 is 31.3 Å². The number of carbonyl (C=O) groups excluding carboxylic acids is 3. The van der Waals surface area contributed by atoms with E-state index in [1.165, 1.54) is 23.6 Å². The molecule has 0 heterocycles. The lowest BCUT2D eigenvalue weighted by molar-refractivity contribution is -0.117. The van der Waals surface area contributed by atoms with E-state index in [-0.39, 0.29) is 43.3 Å². The lowest BCUT2D eigenvalue weighted by Crippen LogP contribution is -2.37.